The highest BCUT2D eigenvalue weighted by Gasteiger charge is 2.21. The molecule has 10 rings (SSSR count). The normalized spacial score (nSPS) is 11.8. The Hall–Kier alpha value is -11.0. The number of hydrogen-bond donors (Lipinski definition) is 7. The molecule has 21 heteroatoms. The number of aryl methyl sites for hydroxylation is 3. The van der Waals surface area contributed by atoms with E-state index in [9.17, 15) is 39.0 Å². The van der Waals surface area contributed by atoms with Crippen molar-refractivity contribution in [2.24, 2.45) is 21.2 Å². The van der Waals surface area contributed by atoms with Crippen LogP contribution in [0.1, 0.15) is 134 Å². The summed E-state index contributed by atoms with van der Waals surface area (Å²) in [7, 11) is 5.52. The van der Waals surface area contributed by atoms with Crippen LogP contribution in [-0.4, -0.2) is 105 Å². The third-order valence-electron chi connectivity index (χ3n) is 12.7. The quantitative estimate of drug-likeness (QED) is 0.0341. The zero-order chi connectivity index (χ0) is 62.1. The van der Waals surface area contributed by atoms with Gasteiger partial charge < -0.3 is 39.8 Å². The first-order chi connectivity index (χ1) is 40.5. The molecule has 8 aromatic rings. The number of pyridine rings is 1. The summed E-state index contributed by atoms with van der Waals surface area (Å²) in [6, 6.07) is 35.9. The molecule has 0 aliphatic carbocycles. The molecule has 0 fully saturated rings. The van der Waals surface area contributed by atoms with Gasteiger partial charge in [-0.15, -0.1) is 0 Å². The van der Waals surface area contributed by atoms with Gasteiger partial charge in [-0.25, -0.2) is 30.7 Å². The first-order valence-electron chi connectivity index (χ1n) is 26.5. The number of amides is 3. The summed E-state index contributed by atoms with van der Waals surface area (Å²) in [6.45, 7) is 14.1. The van der Waals surface area contributed by atoms with E-state index in [0.29, 0.717) is 34.7 Å². The van der Waals surface area contributed by atoms with E-state index in [4.69, 9.17) is 15.6 Å². The van der Waals surface area contributed by atoms with Gasteiger partial charge in [-0.05, 0) is 160 Å². The van der Waals surface area contributed by atoms with E-state index in [-0.39, 0.29) is 27.9 Å². The average Bonchev–Trinajstić information content (AvgIpc) is 2.40. The molecular weight excluding hydrogens is 1080 g/mol. The van der Waals surface area contributed by atoms with Gasteiger partial charge in [0.2, 0.25) is 0 Å². The van der Waals surface area contributed by atoms with Crippen LogP contribution >= 0.6 is 0 Å². The zero-order valence-corrected chi connectivity index (χ0v) is 48.7. The number of carbonyl (C=O) groups excluding carboxylic acids is 3. The van der Waals surface area contributed by atoms with Crippen molar-refractivity contribution in [3.63, 3.8) is 0 Å². The highest BCUT2D eigenvalue weighted by molar-refractivity contribution is 6.01. The molecule has 2 aliphatic heterocycles. The number of aromatic nitrogens is 3. The fraction of sp³-hybridized carbons (Fsp3) is 0.188. The molecule has 0 saturated carbocycles. The molecule has 5 aromatic carbocycles. The van der Waals surface area contributed by atoms with Crippen molar-refractivity contribution in [1.29, 1.82) is 0 Å². The summed E-state index contributed by atoms with van der Waals surface area (Å²) in [5.41, 5.74) is 23.9. The number of ether oxygens (including phenoxy) is 1. The molecule has 3 aromatic heterocycles. The number of hydrogen-bond acceptors (Lipinski definition) is 13. The monoisotopic (exact) mass is 1150 g/mol. The minimum absolute atomic E-state index is 0.0198. The minimum Gasteiger partial charge on any atom is -0.496 e. The third kappa shape index (κ3) is 16.8. The molecule has 0 unspecified atom stereocenters. The van der Waals surface area contributed by atoms with Gasteiger partial charge in [-0.1, -0.05) is 45.0 Å². The van der Waals surface area contributed by atoms with Gasteiger partial charge in [0.15, 0.2) is 0 Å². The van der Waals surface area contributed by atoms with E-state index in [1.807, 2.05) is 116 Å². The molecule has 3 amide bonds. The molecule has 5 heterocycles. The Bertz CT molecular complexity index is 3820. The van der Waals surface area contributed by atoms with E-state index < -0.39 is 35.6 Å². The number of nitrogens with zero attached hydrogens (tertiary/aromatic N) is 7. The third-order valence-corrected chi connectivity index (χ3v) is 12.7. The van der Waals surface area contributed by atoms with Crippen molar-refractivity contribution in [3.8, 4) is 17.1 Å². The van der Waals surface area contributed by atoms with Gasteiger partial charge in [0.1, 0.15) is 5.75 Å². The number of nitrogens with two attached hydrogens (primary N) is 1. The Kier molecular flexibility index (Phi) is 21.7. The summed E-state index contributed by atoms with van der Waals surface area (Å²) < 4.78 is 9.18. The summed E-state index contributed by atoms with van der Waals surface area (Å²) in [5, 5.41) is 39.9. The SMILES string of the molecule is CC(C)C.COc1cc2ccc1/C=N/NC(=O)c1ccc(C(=O)O)c(c1)-n1c(C)cc(c1C)C2.Cc1ccc(C)n1-c1cc(C(=O)N/N=C/c2ccc(N(C)C)cc2)ccc1C(=O)O.Nc1cc(C(=O)N/N=C/c2cccnc2)ccc1C(=O)O. The van der Waals surface area contributed by atoms with Gasteiger partial charge in [0.05, 0.1) is 53.8 Å². The van der Waals surface area contributed by atoms with Crippen molar-refractivity contribution in [2.75, 3.05) is 31.8 Å². The lowest BCUT2D eigenvalue weighted by molar-refractivity contribution is 0.0686. The molecule has 0 saturated heterocycles. The molecule has 0 radical (unpaired) electrons. The topological polar surface area (TPSA) is 298 Å². The predicted molar refractivity (Wildman–Crippen MR) is 329 cm³/mol. The maximum absolute atomic E-state index is 12.6. The number of carbonyl (C=O) groups is 6. The van der Waals surface area contributed by atoms with Crippen molar-refractivity contribution in [2.45, 2.75) is 54.9 Å². The number of hydrazone groups is 3. The van der Waals surface area contributed by atoms with Crippen molar-refractivity contribution >= 4 is 65.6 Å². The second-order valence-corrected chi connectivity index (χ2v) is 20.2. The molecule has 6 bridgehead atoms. The number of nitrogen functional groups attached to an aromatic ring is 1. The van der Waals surface area contributed by atoms with Gasteiger partial charge in [0, 0.05) is 88.5 Å². The number of carboxylic acids is 3. The maximum atomic E-state index is 12.6. The van der Waals surface area contributed by atoms with E-state index in [0.717, 1.165) is 62.2 Å². The van der Waals surface area contributed by atoms with Gasteiger partial charge >= 0.3 is 17.9 Å². The Morgan fingerprint density at radius 1 is 0.682 bits per heavy atom. The van der Waals surface area contributed by atoms with Crippen molar-refractivity contribution in [1.82, 2.24) is 30.4 Å². The Labute approximate surface area is 491 Å². The van der Waals surface area contributed by atoms with Crippen LogP contribution in [-0.2, 0) is 6.42 Å². The number of benzene rings is 5. The van der Waals surface area contributed by atoms with Crippen LogP contribution in [0.25, 0.3) is 11.4 Å². The first-order valence-corrected chi connectivity index (χ1v) is 26.5. The standard InChI is InChI=1S/C23H24N4O3.C23H21N3O4.C14H12N4O3.C4H10/c1-15-5-6-16(2)27(15)21-13-18(9-12-20(21)23(29)30)22(28)25-24-14-17-7-10-19(11-8-17)26(3)4;1-13-8-18-9-15-4-5-17(21(10-15)30-3)12-24-25-22(27)16-6-7-19(23(28)29)20(11-16)26(13)14(18)2;15-12-6-10(3-4-11(12)14(20)21)13(19)18-17-8-9-2-1-5-16-7-9;1-4(2)3/h5-14H,1-4H3,(H,25,28)(H,29,30);4-8,10-12H,9H2,1-3H3,(H,25,27)(H,28,29);1-8H,15H2,(H,18,19)(H,20,21);4H,1-3H3/b24-14+;24-12+;17-8+;. The lowest BCUT2D eigenvalue weighted by Gasteiger charge is -2.14. The second-order valence-electron chi connectivity index (χ2n) is 20.2. The van der Waals surface area contributed by atoms with E-state index in [2.05, 4.69) is 57.3 Å². The highest BCUT2D eigenvalue weighted by atomic mass is 16.5. The molecule has 21 nitrogen and oxygen atoms in total. The molecule has 438 valence electrons. The molecule has 0 atom stereocenters. The number of fused-ring (bicyclic) bond motifs is 4. The molecular formula is C64H67N11O10. The maximum Gasteiger partial charge on any atom is 0.337 e. The smallest absolute Gasteiger partial charge is 0.337 e. The number of methoxy groups -OCH3 is 1. The highest BCUT2D eigenvalue weighted by Crippen LogP contribution is 2.29. The molecule has 8 N–H and O–H groups in total. The molecule has 2 aliphatic rings. The van der Waals surface area contributed by atoms with Crippen LogP contribution in [0.5, 0.6) is 5.75 Å². The van der Waals surface area contributed by atoms with Crippen LogP contribution in [0.3, 0.4) is 0 Å². The van der Waals surface area contributed by atoms with Crippen LogP contribution in [0.15, 0.2) is 155 Å². The average molecular weight is 1150 g/mol. The largest absolute Gasteiger partial charge is 0.496 e. The van der Waals surface area contributed by atoms with E-state index >= 15 is 0 Å². The van der Waals surface area contributed by atoms with Crippen LogP contribution < -0.4 is 31.6 Å². The Balaban J connectivity index is 0.000000201. The number of anilines is 2. The lowest BCUT2D eigenvalue weighted by atomic mass is 10.0. The molecule has 0 spiro atoms. The first kappa shape index (κ1) is 63.2. The second kappa shape index (κ2) is 29.1. The summed E-state index contributed by atoms with van der Waals surface area (Å²) >= 11 is 0. The number of carboxylic acid groups (broad SMARTS) is 3. The van der Waals surface area contributed by atoms with Crippen LogP contribution in [0.4, 0.5) is 11.4 Å². The zero-order valence-electron chi connectivity index (χ0n) is 48.7. The lowest BCUT2D eigenvalue weighted by Crippen LogP contribution is -2.19. The summed E-state index contributed by atoms with van der Waals surface area (Å²) in [6.07, 6.45) is 8.41. The van der Waals surface area contributed by atoms with Gasteiger partial charge in [0.25, 0.3) is 17.7 Å². The van der Waals surface area contributed by atoms with Crippen LogP contribution in [0.2, 0.25) is 0 Å². The summed E-state index contributed by atoms with van der Waals surface area (Å²) in [5.74, 6) is -3.10. The number of aromatic carboxylic acids is 3. The fourth-order valence-corrected chi connectivity index (χ4v) is 8.59. The predicted octanol–water partition coefficient (Wildman–Crippen LogP) is 9.88. The van der Waals surface area contributed by atoms with E-state index in [1.54, 1.807) is 50.0 Å². The van der Waals surface area contributed by atoms with Crippen molar-refractivity contribution in [3.05, 3.63) is 224 Å². The summed E-state index contributed by atoms with van der Waals surface area (Å²) in [4.78, 5) is 77.3. The number of nitrogens with one attached hydrogen (secondary N) is 3. The van der Waals surface area contributed by atoms with Gasteiger partial charge in [-0.3, -0.25) is 19.4 Å². The minimum atomic E-state index is -1.14. The fourth-order valence-electron chi connectivity index (χ4n) is 8.59. The van der Waals surface area contributed by atoms with Crippen LogP contribution in [0, 0.1) is 33.6 Å². The number of rotatable bonds is 12. The van der Waals surface area contributed by atoms with Crippen molar-refractivity contribution < 1.29 is 48.8 Å². The molecule has 85 heavy (non-hydrogen) atoms. The Morgan fingerprint density at radius 3 is 1.80 bits per heavy atom. The van der Waals surface area contributed by atoms with Gasteiger partial charge in [-0.2, -0.15) is 15.3 Å². The Morgan fingerprint density at radius 2 is 1.25 bits per heavy atom. The van der Waals surface area contributed by atoms with E-state index in [1.165, 1.54) is 54.9 Å².